The number of rotatable bonds is 4. The SMILES string of the molecule is CC=CC=C([CH]=[W])N=PPP. The molecule has 0 aromatic carbocycles. The zero-order chi connectivity index (χ0) is 8.53. The molecule has 0 saturated carbocycles. The van der Waals surface area contributed by atoms with Crippen LogP contribution >= 0.6 is 24.9 Å². The van der Waals surface area contributed by atoms with Crippen molar-refractivity contribution >= 4 is 29.3 Å². The summed E-state index contributed by atoms with van der Waals surface area (Å²) in [6.45, 7) is 2.01. The summed E-state index contributed by atoms with van der Waals surface area (Å²) in [6.07, 6.45) is 6.05. The van der Waals surface area contributed by atoms with E-state index in [1.807, 2.05) is 25.2 Å². The molecule has 0 fully saturated rings. The predicted octanol–water partition coefficient (Wildman–Crippen LogP) is 3.31. The van der Waals surface area contributed by atoms with Crippen molar-refractivity contribution in [2.45, 2.75) is 6.92 Å². The topological polar surface area (TPSA) is 12.4 Å². The maximum absolute atomic E-state index is 4.34. The summed E-state index contributed by atoms with van der Waals surface area (Å²) >= 11 is 1.45. The van der Waals surface area contributed by atoms with E-state index in [-0.39, 0.29) is 0 Å². The summed E-state index contributed by atoms with van der Waals surface area (Å²) in [5, 5.41) is 0. The van der Waals surface area contributed by atoms with Crippen molar-refractivity contribution < 1.29 is 19.4 Å². The van der Waals surface area contributed by atoms with Gasteiger partial charge in [-0.1, -0.05) is 0 Å². The van der Waals surface area contributed by atoms with Gasteiger partial charge in [-0.15, -0.1) is 0 Å². The summed E-state index contributed by atoms with van der Waals surface area (Å²) in [5.41, 5.74) is 1.09. The van der Waals surface area contributed by atoms with Crippen LogP contribution in [0.4, 0.5) is 0 Å². The Balaban J connectivity index is 4.15. The third-order valence-electron chi connectivity index (χ3n) is 0.803. The first-order chi connectivity index (χ1) is 5.35. The van der Waals surface area contributed by atoms with Crippen LogP contribution in [0.3, 0.4) is 0 Å². The van der Waals surface area contributed by atoms with Crippen LogP contribution in [0.25, 0.3) is 0 Å². The molecule has 60 valence electrons. The van der Waals surface area contributed by atoms with Crippen LogP contribution in [-0.4, -0.2) is 4.40 Å². The fourth-order valence-electron chi connectivity index (χ4n) is 0.378. The van der Waals surface area contributed by atoms with Crippen LogP contribution in [0.1, 0.15) is 6.92 Å². The van der Waals surface area contributed by atoms with Crippen molar-refractivity contribution in [2.75, 3.05) is 0 Å². The molecular formula is C6H10NP3W. The number of hydrogen-bond donors (Lipinski definition) is 0. The van der Waals surface area contributed by atoms with E-state index in [2.05, 4.69) is 18.1 Å². The van der Waals surface area contributed by atoms with Crippen molar-refractivity contribution in [1.29, 1.82) is 0 Å². The summed E-state index contributed by atoms with van der Waals surface area (Å²) in [7, 11) is 4.64. The molecular weight excluding hydrogens is 363 g/mol. The van der Waals surface area contributed by atoms with Gasteiger partial charge in [0.15, 0.2) is 0 Å². The first kappa shape index (κ1) is 12.0. The Bertz CT molecular complexity index is 198. The van der Waals surface area contributed by atoms with Gasteiger partial charge in [-0.05, 0) is 0 Å². The Hall–Kier alpha value is 0.998. The molecule has 0 spiro atoms. The number of hydrogen-bond acceptors (Lipinski definition) is 1. The molecule has 0 aliphatic heterocycles. The summed E-state index contributed by atoms with van der Waals surface area (Å²) < 4.78 is 6.43. The zero-order valence-corrected chi connectivity index (χ0v) is 12.2. The second-order valence-electron chi connectivity index (χ2n) is 1.56. The second kappa shape index (κ2) is 9.09. The third-order valence-corrected chi connectivity index (χ3v) is 3.80. The van der Waals surface area contributed by atoms with Crippen molar-refractivity contribution in [3.8, 4) is 0 Å². The maximum atomic E-state index is 4.34. The van der Waals surface area contributed by atoms with E-state index in [1.54, 1.807) is 0 Å². The van der Waals surface area contributed by atoms with Crippen molar-refractivity contribution in [3.05, 3.63) is 23.9 Å². The Morgan fingerprint density at radius 3 is 2.91 bits per heavy atom. The molecule has 0 amide bonds. The Kier molecular flexibility index (Phi) is 9.91. The fraction of sp³-hybridized carbons (Fsp3) is 0.167. The standard InChI is InChI=1S/C6H10NP3.W/c1-3-4-5-6(2)7-9-10-8;/h2-5,10H,8H2,1H3;. The van der Waals surface area contributed by atoms with Gasteiger partial charge in [-0.2, -0.15) is 0 Å². The quantitative estimate of drug-likeness (QED) is 0.530. The first-order valence-electron chi connectivity index (χ1n) is 2.99. The Labute approximate surface area is 84.2 Å². The van der Waals surface area contributed by atoms with Crippen LogP contribution in [-0.2, 0) is 19.4 Å². The van der Waals surface area contributed by atoms with E-state index < -0.39 is 0 Å². The molecule has 0 N–H and O–H groups in total. The molecule has 5 heteroatoms. The minimum atomic E-state index is 0.805. The minimum absolute atomic E-state index is 0.805. The fourth-order valence-corrected chi connectivity index (χ4v) is 2.49. The van der Waals surface area contributed by atoms with E-state index in [0.29, 0.717) is 0 Å². The van der Waals surface area contributed by atoms with Crippen LogP contribution < -0.4 is 0 Å². The van der Waals surface area contributed by atoms with Gasteiger partial charge < -0.3 is 0 Å². The molecule has 0 saturated heterocycles. The van der Waals surface area contributed by atoms with Crippen molar-refractivity contribution in [3.63, 3.8) is 0 Å². The molecule has 0 aromatic heterocycles. The second-order valence-corrected chi connectivity index (χ2v) is 6.77. The van der Waals surface area contributed by atoms with Gasteiger partial charge in [-0.3, -0.25) is 0 Å². The van der Waals surface area contributed by atoms with Crippen LogP contribution in [0, 0.1) is 0 Å². The van der Waals surface area contributed by atoms with E-state index >= 15 is 0 Å². The van der Waals surface area contributed by atoms with Gasteiger partial charge in [0, 0.05) is 0 Å². The molecule has 0 bridgehead atoms. The molecule has 0 heterocycles. The van der Waals surface area contributed by atoms with Gasteiger partial charge in [0.05, 0.1) is 0 Å². The third kappa shape index (κ3) is 7.36. The normalized spacial score (nSPS) is 14.2. The summed E-state index contributed by atoms with van der Waals surface area (Å²) in [4.78, 5) is 0. The van der Waals surface area contributed by atoms with Crippen LogP contribution in [0.15, 0.2) is 28.7 Å². The van der Waals surface area contributed by atoms with Gasteiger partial charge in [0.2, 0.25) is 0 Å². The van der Waals surface area contributed by atoms with E-state index in [1.165, 1.54) is 19.4 Å². The molecule has 0 radical (unpaired) electrons. The number of allylic oxidation sites excluding steroid dienone is 4. The Morgan fingerprint density at radius 2 is 2.45 bits per heavy atom. The monoisotopic (exact) mass is 373 g/mol. The van der Waals surface area contributed by atoms with Gasteiger partial charge in [0.25, 0.3) is 0 Å². The predicted molar refractivity (Wildman–Crippen MR) is 56.3 cm³/mol. The van der Waals surface area contributed by atoms with Gasteiger partial charge in [0.1, 0.15) is 0 Å². The molecule has 0 rings (SSSR count). The van der Waals surface area contributed by atoms with E-state index in [4.69, 9.17) is 0 Å². The molecule has 11 heavy (non-hydrogen) atoms. The average Bonchev–Trinajstić information content (AvgIpc) is 2.05. The summed E-state index contributed by atoms with van der Waals surface area (Å²) in [5.74, 6) is 0. The van der Waals surface area contributed by atoms with Gasteiger partial charge >= 0.3 is 84.3 Å². The number of nitrogens with zero attached hydrogens (tertiary/aromatic N) is 1. The van der Waals surface area contributed by atoms with Crippen molar-refractivity contribution in [1.82, 2.24) is 0 Å². The zero-order valence-electron chi connectivity index (χ0n) is 6.19. The average molecular weight is 373 g/mol. The van der Waals surface area contributed by atoms with Gasteiger partial charge in [-0.25, -0.2) is 0 Å². The first-order valence-corrected chi connectivity index (χ1v) is 9.18. The molecule has 0 aliphatic carbocycles. The van der Waals surface area contributed by atoms with E-state index in [0.717, 1.165) is 21.7 Å². The van der Waals surface area contributed by atoms with Crippen LogP contribution in [0.2, 0.25) is 0 Å². The van der Waals surface area contributed by atoms with Crippen LogP contribution in [0.5, 0.6) is 0 Å². The summed E-state index contributed by atoms with van der Waals surface area (Å²) in [6, 6.07) is 0. The Morgan fingerprint density at radius 1 is 1.73 bits per heavy atom. The van der Waals surface area contributed by atoms with E-state index in [9.17, 15) is 0 Å². The molecule has 0 aromatic rings. The molecule has 0 aliphatic rings. The molecule has 1 nitrogen and oxygen atoms in total. The van der Waals surface area contributed by atoms with Crippen molar-refractivity contribution in [2.24, 2.45) is 4.74 Å². The molecule has 2 unspecified atom stereocenters. The molecule has 2 atom stereocenters.